The smallest absolute Gasteiger partial charge is 0.0766 e. The Morgan fingerprint density at radius 3 is 2.50 bits per heavy atom. The highest BCUT2D eigenvalue weighted by Gasteiger charge is 2.23. The number of rotatable bonds is 7. The van der Waals surface area contributed by atoms with Gasteiger partial charge in [0.05, 0.1) is 15.9 Å². The minimum Gasteiger partial charge on any atom is -0.317 e. The van der Waals surface area contributed by atoms with Crippen molar-refractivity contribution in [2.24, 2.45) is 12.5 Å². The summed E-state index contributed by atoms with van der Waals surface area (Å²) in [6, 6.07) is 0. The Morgan fingerprint density at radius 1 is 1.33 bits per heavy atom. The summed E-state index contributed by atoms with van der Waals surface area (Å²) in [6.07, 6.45) is 3.22. The van der Waals surface area contributed by atoms with E-state index in [1.807, 2.05) is 11.7 Å². The zero-order chi connectivity index (χ0) is 13.8. The van der Waals surface area contributed by atoms with Crippen molar-refractivity contribution >= 4 is 15.9 Å². The lowest BCUT2D eigenvalue weighted by Gasteiger charge is -2.25. The molecule has 3 nitrogen and oxygen atoms in total. The summed E-state index contributed by atoms with van der Waals surface area (Å²) in [6.45, 7) is 11.1. The topological polar surface area (TPSA) is 29.9 Å². The summed E-state index contributed by atoms with van der Waals surface area (Å²) in [4.78, 5) is 0. The number of halogens is 1. The first kappa shape index (κ1) is 15.7. The van der Waals surface area contributed by atoms with E-state index in [2.05, 4.69) is 54.0 Å². The third-order valence-corrected chi connectivity index (χ3v) is 4.29. The fraction of sp³-hybridized carbons (Fsp3) is 0.786. The number of hydrogen-bond acceptors (Lipinski definition) is 2. The molecule has 1 N–H and O–H groups in total. The predicted octanol–water partition coefficient (Wildman–Crippen LogP) is 3.31. The molecule has 4 heteroatoms. The predicted molar refractivity (Wildman–Crippen MR) is 80.9 cm³/mol. The van der Waals surface area contributed by atoms with Gasteiger partial charge in [0.25, 0.3) is 0 Å². The van der Waals surface area contributed by atoms with Gasteiger partial charge in [0, 0.05) is 7.05 Å². The van der Waals surface area contributed by atoms with Crippen LogP contribution < -0.4 is 5.32 Å². The molecule has 0 spiro atoms. The van der Waals surface area contributed by atoms with Gasteiger partial charge in [-0.15, -0.1) is 0 Å². The Morgan fingerprint density at radius 2 is 2.00 bits per heavy atom. The molecule has 104 valence electrons. The number of aromatic nitrogens is 2. The fourth-order valence-corrected chi connectivity index (χ4v) is 2.91. The van der Waals surface area contributed by atoms with Crippen LogP contribution in [0.2, 0.25) is 0 Å². The SMILES string of the molecule is CCNCCC(C)(C)Cc1c(Br)c(CC)nn1C. The maximum Gasteiger partial charge on any atom is 0.0766 e. The van der Waals surface area contributed by atoms with Gasteiger partial charge < -0.3 is 5.32 Å². The average molecular weight is 316 g/mol. The van der Waals surface area contributed by atoms with Gasteiger partial charge in [-0.05, 0) is 53.7 Å². The maximum absolute atomic E-state index is 4.56. The first-order chi connectivity index (χ1) is 8.41. The molecule has 1 heterocycles. The van der Waals surface area contributed by atoms with E-state index < -0.39 is 0 Å². The van der Waals surface area contributed by atoms with Gasteiger partial charge in [-0.3, -0.25) is 4.68 Å². The van der Waals surface area contributed by atoms with Crippen LogP contribution in [-0.2, 0) is 19.9 Å². The fourth-order valence-electron chi connectivity index (χ4n) is 2.16. The second-order valence-electron chi connectivity index (χ2n) is 5.63. The van der Waals surface area contributed by atoms with Gasteiger partial charge >= 0.3 is 0 Å². The summed E-state index contributed by atoms with van der Waals surface area (Å²) in [5.74, 6) is 0. The van der Waals surface area contributed by atoms with Gasteiger partial charge in [0.2, 0.25) is 0 Å². The van der Waals surface area contributed by atoms with Gasteiger partial charge in [0.1, 0.15) is 0 Å². The zero-order valence-corrected chi connectivity index (χ0v) is 13.9. The Labute approximate surface area is 119 Å². The lowest BCUT2D eigenvalue weighted by molar-refractivity contribution is 0.318. The van der Waals surface area contributed by atoms with E-state index in [0.717, 1.165) is 31.6 Å². The molecule has 0 fully saturated rings. The molecule has 1 aromatic rings. The van der Waals surface area contributed by atoms with Crippen LogP contribution in [0.5, 0.6) is 0 Å². The normalized spacial score (nSPS) is 12.1. The van der Waals surface area contributed by atoms with Gasteiger partial charge in [-0.25, -0.2) is 0 Å². The van der Waals surface area contributed by atoms with Crippen molar-refractivity contribution in [3.05, 3.63) is 15.9 Å². The van der Waals surface area contributed by atoms with E-state index in [1.165, 1.54) is 16.6 Å². The molecule has 0 amide bonds. The standard InChI is InChI=1S/C14H26BrN3/c1-6-11-13(15)12(18(5)17-11)10-14(3,4)8-9-16-7-2/h16H,6-10H2,1-5H3. The molecule has 1 aromatic heterocycles. The van der Waals surface area contributed by atoms with E-state index in [-0.39, 0.29) is 0 Å². The van der Waals surface area contributed by atoms with Crippen LogP contribution in [0.3, 0.4) is 0 Å². The summed E-state index contributed by atoms with van der Waals surface area (Å²) in [5, 5.41) is 7.97. The van der Waals surface area contributed by atoms with Crippen molar-refractivity contribution in [2.45, 2.75) is 47.0 Å². The van der Waals surface area contributed by atoms with Crippen LogP contribution in [0.1, 0.15) is 45.5 Å². The van der Waals surface area contributed by atoms with Crippen LogP contribution in [0.15, 0.2) is 4.47 Å². The lowest BCUT2D eigenvalue weighted by atomic mass is 9.84. The number of hydrogen-bond donors (Lipinski definition) is 1. The Bertz CT molecular complexity index is 383. The van der Waals surface area contributed by atoms with Crippen LogP contribution in [-0.4, -0.2) is 22.9 Å². The molecule has 0 unspecified atom stereocenters. The molecule has 0 aliphatic heterocycles. The van der Waals surface area contributed by atoms with E-state index in [0.29, 0.717) is 5.41 Å². The first-order valence-corrected chi connectivity index (χ1v) is 7.61. The zero-order valence-electron chi connectivity index (χ0n) is 12.3. The highest BCUT2D eigenvalue weighted by atomic mass is 79.9. The minimum absolute atomic E-state index is 0.295. The molecule has 0 saturated heterocycles. The monoisotopic (exact) mass is 315 g/mol. The Kier molecular flexibility index (Phi) is 5.86. The van der Waals surface area contributed by atoms with Crippen LogP contribution in [0.25, 0.3) is 0 Å². The summed E-state index contributed by atoms with van der Waals surface area (Å²) < 4.78 is 3.22. The van der Waals surface area contributed by atoms with E-state index >= 15 is 0 Å². The summed E-state index contributed by atoms with van der Waals surface area (Å²) >= 11 is 3.70. The molecule has 18 heavy (non-hydrogen) atoms. The van der Waals surface area contributed by atoms with Crippen molar-refractivity contribution in [1.29, 1.82) is 0 Å². The van der Waals surface area contributed by atoms with Crippen molar-refractivity contribution < 1.29 is 0 Å². The van der Waals surface area contributed by atoms with Gasteiger partial charge in [-0.2, -0.15) is 5.10 Å². The maximum atomic E-state index is 4.56. The van der Waals surface area contributed by atoms with Crippen molar-refractivity contribution in [3.63, 3.8) is 0 Å². The highest BCUT2D eigenvalue weighted by molar-refractivity contribution is 9.10. The second-order valence-corrected chi connectivity index (χ2v) is 6.42. The number of aryl methyl sites for hydroxylation is 2. The molecule has 0 atom stereocenters. The summed E-state index contributed by atoms with van der Waals surface area (Å²) in [7, 11) is 2.04. The molecule has 1 rings (SSSR count). The van der Waals surface area contributed by atoms with E-state index in [1.54, 1.807) is 0 Å². The molecule has 0 saturated carbocycles. The molecule has 0 bridgehead atoms. The molecular weight excluding hydrogens is 290 g/mol. The van der Waals surface area contributed by atoms with Crippen LogP contribution >= 0.6 is 15.9 Å². The molecule has 0 aliphatic carbocycles. The largest absolute Gasteiger partial charge is 0.317 e. The molecular formula is C14H26BrN3. The Balaban J connectivity index is 2.74. The van der Waals surface area contributed by atoms with E-state index in [9.17, 15) is 0 Å². The quantitative estimate of drug-likeness (QED) is 0.782. The lowest BCUT2D eigenvalue weighted by Crippen LogP contribution is -2.24. The first-order valence-electron chi connectivity index (χ1n) is 6.82. The Hall–Kier alpha value is -0.350. The van der Waals surface area contributed by atoms with Crippen LogP contribution in [0, 0.1) is 5.41 Å². The third-order valence-electron chi connectivity index (χ3n) is 3.38. The molecule has 0 radical (unpaired) electrons. The average Bonchev–Trinajstić information content (AvgIpc) is 2.56. The second kappa shape index (κ2) is 6.71. The molecule has 0 aliphatic rings. The minimum atomic E-state index is 0.295. The van der Waals surface area contributed by atoms with Crippen molar-refractivity contribution in [2.75, 3.05) is 13.1 Å². The number of nitrogens with zero attached hydrogens (tertiary/aromatic N) is 2. The van der Waals surface area contributed by atoms with Gasteiger partial charge in [-0.1, -0.05) is 27.7 Å². The highest BCUT2D eigenvalue weighted by Crippen LogP contribution is 2.30. The van der Waals surface area contributed by atoms with Crippen molar-refractivity contribution in [1.82, 2.24) is 15.1 Å². The molecule has 0 aromatic carbocycles. The van der Waals surface area contributed by atoms with Gasteiger partial charge in [0.15, 0.2) is 0 Å². The van der Waals surface area contributed by atoms with Crippen molar-refractivity contribution in [3.8, 4) is 0 Å². The third kappa shape index (κ3) is 4.09. The summed E-state index contributed by atoms with van der Waals surface area (Å²) in [5.41, 5.74) is 2.77. The van der Waals surface area contributed by atoms with E-state index in [4.69, 9.17) is 0 Å². The number of nitrogens with one attached hydrogen (secondary N) is 1. The van der Waals surface area contributed by atoms with Crippen LogP contribution in [0.4, 0.5) is 0 Å².